The van der Waals surface area contributed by atoms with Crippen molar-refractivity contribution in [2.45, 2.75) is 32.3 Å². The fourth-order valence-electron chi connectivity index (χ4n) is 1.91. The third kappa shape index (κ3) is 3.67. The van der Waals surface area contributed by atoms with Crippen molar-refractivity contribution in [1.82, 2.24) is 9.97 Å². The molecule has 19 heavy (non-hydrogen) atoms. The molecule has 0 radical (unpaired) electrons. The van der Waals surface area contributed by atoms with Crippen molar-refractivity contribution in [2.24, 2.45) is 0 Å². The van der Waals surface area contributed by atoms with Crippen LogP contribution in [0.3, 0.4) is 0 Å². The van der Waals surface area contributed by atoms with Gasteiger partial charge in [0.1, 0.15) is 5.82 Å². The van der Waals surface area contributed by atoms with E-state index in [1.807, 2.05) is 6.07 Å². The molecular formula is C15H18ClN3. The summed E-state index contributed by atoms with van der Waals surface area (Å²) in [6.07, 6.45) is 3.50. The number of nitrogens with zero attached hydrogens (tertiary/aromatic N) is 3. The highest BCUT2D eigenvalue weighted by Crippen LogP contribution is 2.17. The molecule has 100 valence electrons. The monoisotopic (exact) mass is 275 g/mol. The Hall–Kier alpha value is -1.61. The second kappa shape index (κ2) is 6.53. The largest absolute Gasteiger partial charge is 0.349 e. The summed E-state index contributed by atoms with van der Waals surface area (Å²) < 4.78 is 0. The lowest BCUT2D eigenvalue weighted by molar-refractivity contribution is 0.669. The average molecular weight is 276 g/mol. The molecule has 4 heteroatoms. The number of anilines is 1. The minimum absolute atomic E-state index is 0.347. The molecule has 0 fully saturated rings. The molecule has 3 nitrogen and oxygen atoms in total. The lowest BCUT2D eigenvalue weighted by atomic mass is 10.2. The molecule has 0 amide bonds. The van der Waals surface area contributed by atoms with E-state index in [0.717, 1.165) is 18.1 Å². The molecule has 0 atom stereocenters. The van der Waals surface area contributed by atoms with Crippen molar-refractivity contribution >= 4 is 17.4 Å². The number of aromatic nitrogens is 2. The molecule has 0 saturated heterocycles. The van der Waals surface area contributed by atoms with Crippen LogP contribution < -0.4 is 4.90 Å². The quantitative estimate of drug-likeness (QED) is 0.780. The minimum Gasteiger partial charge on any atom is -0.349 e. The summed E-state index contributed by atoms with van der Waals surface area (Å²) in [6, 6.07) is 10.7. The maximum Gasteiger partial charge on any atom is 0.147 e. The second-order valence-corrected chi connectivity index (χ2v) is 4.98. The van der Waals surface area contributed by atoms with E-state index in [9.17, 15) is 0 Å². The third-order valence-corrected chi connectivity index (χ3v) is 3.20. The molecule has 0 unspecified atom stereocenters. The van der Waals surface area contributed by atoms with Gasteiger partial charge in [-0.15, -0.1) is 11.6 Å². The van der Waals surface area contributed by atoms with E-state index in [1.165, 1.54) is 5.56 Å². The summed E-state index contributed by atoms with van der Waals surface area (Å²) >= 11 is 5.82. The summed E-state index contributed by atoms with van der Waals surface area (Å²) in [5.74, 6) is 1.26. The lowest BCUT2D eigenvalue weighted by Gasteiger charge is -2.28. The van der Waals surface area contributed by atoms with Gasteiger partial charge in [0.15, 0.2) is 0 Å². The van der Waals surface area contributed by atoms with Crippen LogP contribution in [-0.2, 0) is 12.4 Å². The van der Waals surface area contributed by atoms with Crippen LogP contribution in [-0.4, -0.2) is 16.0 Å². The van der Waals surface area contributed by atoms with Crippen LogP contribution in [0.25, 0.3) is 0 Å². The van der Waals surface area contributed by atoms with Gasteiger partial charge in [0, 0.05) is 18.8 Å². The van der Waals surface area contributed by atoms with Crippen LogP contribution >= 0.6 is 11.6 Å². The normalized spacial score (nSPS) is 10.7. The van der Waals surface area contributed by atoms with Crippen LogP contribution in [0.15, 0.2) is 42.7 Å². The van der Waals surface area contributed by atoms with E-state index in [2.05, 4.69) is 53.0 Å². The molecule has 1 heterocycles. The van der Waals surface area contributed by atoms with Crippen molar-refractivity contribution < 1.29 is 0 Å². The number of benzene rings is 1. The lowest BCUT2D eigenvalue weighted by Crippen LogP contribution is -2.31. The maximum absolute atomic E-state index is 5.82. The van der Waals surface area contributed by atoms with E-state index in [-0.39, 0.29) is 0 Å². The summed E-state index contributed by atoms with van der Waals surface area (Å²) in [7, 11) is 0. The zero-order valence-electron chi connectivity index (χ0n) is 11.3. The Morgan fingerprint density at radius 1 is 1.16 bits per heavy atom. The van der Waals surface area contributed by atoms with Crippen molar-refractivity contribution in [2.75, 3.05) is 4.90 Å². The molecule has 0 aliphatic carbocycles. The second-order valence-electron chi connectivity index (χ2n) is 4.71. The van der Waals surface area contributed by atoms with E-state index < -0.39 is 0 Å². The van der Waals surface area contributed by atoms with Crippen LogP contribution in [0.4, 0.5) is 5.82 Å². The van der Waals surface area contributed by atoms with Gasteiger partial charge < -0.3 is 4.90 Å². The first-order chi connectivity index (χ1) is 9.20. The van der Waals surface area contributed by atoms with Crippen LogP contribution in [0.1, 0.15) is 25.1 Å². The topological polar surface area (TPSA) is 29.0 Å². The fourth-order valence-corrected chi connectivity index (χ4v) is 2.03. The third-order valence-electron chi connectivity index (χ3n) is 2.92. The molecule has 2 aromatic rings. The number of hydrogen-bond acceptors (Lipinski definition) is 3. The summed E-state index contributed by atoms with van der Waals surface area (Å²) in [4.78, 5) is 11.0. The van der Waals surface area contributed by atoms with Crippen LogP contribution in [0, 0.1) is 0 Å². The number of alkyl halides is 1. The van der Waals surface area contributed by atoms with Crippen LogP contribution in [0.2, 0.25) is 0 Å². The van der Waals surface area contributed by atoms with Gasteiger partial charge >= 0.3 is 0 Å². The molecule has 1 aromatic heterocycles. The van der Waals surface area contributed by atoms with E-state index >= 15 is 0 Å². The molecule has 0 bridgehead atoms. The van der Waals surface area contributed by atoms with Crippen molar-refractivity contribution in [3.63, 3.8) is 0 Å². The van der Waals surface area contributed by atoms with Gasteiger partial charge in [0.2, 0.25) is 0 Å². The molecular weight excluding hydrogens is 258 g/mol. The van der Waals surface area contributed by atoms with Gasteiger partial charge in [-0.3, -0.25) is 4.98 Å². The Labute approximate surface area is 119 Å². The summed E-state index contributed by atoms with van der Waals surface area (Å²) in [6.45, 7) is 5.12. The highest BCUT2D eigenvalue weighted by Gasteiger charge is 2.13. The Morgan fingerprint density at radius 2 is 1.89 bits per heavy atom. The van der Waals surface area contributed by atoms with E-state index in [4.69, 9.17) is 11.6 Å². The maximum atomic E-state index is 5.82. The average Bonchev–Trinajstić information content (AvgIpc) is 2.45. The van der Waals surface area contributed by atoms with Crippen LogP contribution in [0.5, 0.6) is 0 Å². The zero-order valence-corrected chi connectivity index (χ0v) is 12.0. The van der Waals surface area contributed by atoms with E-state index in [0.29, 0.717) is 11.9 Å². The Balaban J connectivity index is 2.24. The Morgan fingerprint density at radius 3 is 2.53 bits per heavy atom. The Kier molecular flexibility index (Phi) is 4.74. The van der Waals surface area contributed by atoms with Gasteiger partial charge in [-0.2, -0.15) is 0 Å². The summed E-state index contributed by atoms with van der Waals surface area (Å²) in [5, 5.41) is 0. The predicted molar refractivity (Wildman–Crippen MR) is 79.4 cm³/mol. The first-order valence-corrected chi connectivity index (χ1v) is 6.91. The number of hydrogen-bond donors (Lipinski definition) is 0. The Bertz CT molecular complexity index is 514. The van der Waals surface area contributed by atoms with Crippen molar-refractivity contribution in [1.29, 1.82) is 0 Å². The van der Waals surface area contributed by atoms with Gasteiger partial charge in [-0.05, 0) is 19.4 Å². The molecule has 0 aliphatic heterocycles. The highest BCUT2D eigenvalue weighted by molar-refractivity contribution is 6.16. The highest BCUT2D eigenvalue weighted by atomic mass is 35.5. The molecule has 0 N–H and O–H groups in total. The zero-order chi connectivity index (χ0) is 13.7. The van der Waals surface area contributed by atoms with Gasteiger partial charge in [0.25, 0.3) is 0 Å². The SMILES string of the molecule is CC(C)N(Cc1ccccc1)c1cncc(CCl)n1. The van der Waals surface area contributed by atoms with Gasteiger partial charge in [0.05, 0.1) is 17.8 Å². The first kappa shape index (κ1) is 13.8. The molecule has 0 aliphatic rings. The predicted octanol–water partition coefficient (Wildman–Crippen LogP) is 3.63. The molecule has 1 aromatic carbocycles. The fraction of sp³-hybridized carbons (Fsp3) is 0.333. The minimum atomic E-state index is 0.347. The number of rotatable bonds is 5. The van der Waals surface area contributed by atoms with E-state index in [1.54, 1.807) is 12.4 Å². The molecule has 0 saturated carbocycles. The smallest absolute Gasteiger partial charge is 0.147 e. The number of halogens is 1. The van der Waals surface area contributed by atoms with Crippen molar-refractivity contribution in [3.8, 4) is 0 Å². The van der Waals surface area contributed by atoms with Gasteiger partial charge in [-0.25, -0.2) is 4.98 Å². The molecule has 2 rings (SSSR count). The van der Waals surface area contributed by atoms with Gasteiger partial charge in [-0.1, -0.05) is 30.3 Å². The standard InChI is InChI=1S/C15H18ClN3/c1-12(2)19(11-13-6-4-3-5-7-13)15-10-17-9-14(8-16)18-15/h3-7,9-10,12H,8,11H2,1-2H3. The van der Waals surface area contributed by atoms with Crippen molar-refractivity contribution in [3.05, 3.63) is 54.0 Å². The first-order valence-electron chi connectivity index (χ1n) is 6.38. The molecule has 0 spiro atoms. The summed E-state index contributed by atoms with van der Waals surface area (Å²) in [5.41, 5.74) is 2.06.